The van der Waals surface area contributed by atoms with Crippen LogP contribution in [0.1, 0.15) is 12.8 Å². The standard InChI is InChI=1S/C8H16N2O/c9-7-5-11-6-8(7)10-3-1-2-4-10/h7-8H,1-6,9H2/t7-,8-/m1/s1. The highest BCUT2D eigenvalue weighted by Crippen LogP contribution is 2.17. The van der Waals surface area contributed by atoms with Gasteiger partial charge in [-0.05, 0) is 25.9 Å². The lowest BCUT2D eigenvalue weighted by molar-refractivity contribution is 0.159. The molecule has 2 heterocycles. The maximum absolute atomic E-state index is 5.89. The molecule has 2 rings (SSSR count). The summed E-state index contributed by atoms with van der Waals surface area (Å²) in [6.07, 6.45) is 2.67. The number of ether oxygens (including phenoxy) is 1. The molecule has 2 aliphatic heterocycles. The maximum atomic E-state index is 5.89. The molecule has 11 heavy (non-hydrogen) atoms. The van der Waals surface area contributed by atoms with Crippen molar-refractivity contribution in [1.29, 1.82) is 0 Å². The molecule has 0 spiro atoms. The van der Waals surface area contributed by atoms with Gasteiger partial charge >= 0.3 is 0 Å². The van der Waals surface area contributed by atoms with Gasteiger partial charge in [-0.2, -0.15) is 0 Å². The van der Waals surface area contributed by atoms with Crippen molar-refractivity contribution in [2.24, 2.45) is 5.73 Å². The fourth-order valence-electron chi connectivity index (χ4n) is 2.01. The summed E-state index contributed by atoms with van der Waals surface area (Å²) in [5.74, 6) is 0. The zero-order valence-corrected chi connectivity index (χ0v) is 6.83. The summed E-state index contributed by atoms with van der Waals surface area (Å²) in [7, 11) is 0. The molecule has 2 atom stereocenters. The molecule has 0 aromatic heterocycles. The predicted molar refractivity (Wildman–Crippen MR) is 43.4 cm³/mol. The van der Waals surface area contributed by atoms with Crippen LogP contribution in [0.15, 0.2) is 0 Å². The third-order valence-electron chi connectivity index (χ3n) is 2.70. The summed E-state index contributed by atoms with van der Waals surface area (Å²) >= 11 is 0. The van der Waals surface area contributed by atoms with Crippen LogP contribution in [0, 0.1) is 0 Å². The second-order valence-electron chi connectivity index (χ2n) is 3.51. The Morgan fingerprint density at radius 2 is 1.91 bits per heavy atom. The minimum atomic E-state index is 0.257. The van der Waals surface area contributed by atoms with Gasteiger partial charge in [-0.1, -0.05) is 0 Å². The van der Waals surface area contributed by atoms with E-state index < -0.39 is 0 Å². The molecule has 2 aliphatic rings. The predicted octanol–water partition coefficient (Wildman–Crippen LogP) is -0.192. The molecule has 0 aromatic rings. The van der Waals surface area contributed by atoms with Crippen molar-refractivity contribution in [1.82, 2.24) is 4.90 Å². The van der Waals surface area contributed by atoms with E-state index in [9.17, 15) is 0 Å². The Morgan fingerprint density at radius 1 is 1.18 bits per heavy atom. The third-order valence-corrected chi connectivity index (χ3v) is 2.70. The van der Waals surface area contributed by atoms with Crippen molar-refractivity contribution >= 4 is 0 Å². The van der Waals surface area contributed by atoms with Crippen molar-refractivity contribution in [3.8, 4) is 0 Å². The molecule has 0 radical (unpaired) electrons. The summed E-state index contributed by atoms with van der Waals surface area (Å²) in [4.78, 5) is 2.47. The van der Waals surface area contributed by atoms with Gasteiger partial charge in [0.05, 0.1) is 19.3 Å². The number of rotatable bonds is 1. The van der Waals surface area contributed by atoms with Crippen LogP contribution in [-0.4, -0.2) is 43.3 Å². The summed E-state index contributed by atoms with van der Waals surface area (Å²) < 4.78 is 5.32. The van der Waals surface area contributed by atoms with E-state index in [1.165, 1.54) is 25.9 Å². The average Bonchev–Trinajstić information content (AvgIpc) is 2.55. The number of nitrogens with two attached hydrogens (primary N) is 1. The molecule has 2 N–H and O–H groups in total. The number of nitrogens with zero attached hydrogens (tertiary/aromatic N) is 1. The van der Waals surface area contributed by atoms with Crippen molar-refractivity contribution < 1.29 is 4.74 Å². The van der Waals surface area contributed by atoms with Crippen molar-refractivity contribution in [2.45, 2.75) is 24.9 Å². The fourth-order valence-corrected chi connectivity index (χ4v) is 2.01. The molecule has 3 nitrogen and oxygen atoms in total. The van der Waals surface area contributed by atoms with Gasteiger partial charge in [0.25, 0.3) is 0 Å². The molecule has 0 bridgehead atoms. The normalized spacial score (nSPS) is 40.1. The van der Waals surface area contributed by atoms with E-state index in [0.29, 0.717) is 6.04 Å². The summed E-state index contributed by atoms with van der Waals surface area (Å²) in [5.41, 5.74) is 5.89. The Morgan fingerprint density at radius 3 is 2.45 bits per heavy atom. The maximum Gasteiger partial charge on any atom is 0.0638 e. The Hall–Kier alpha value is -0.120. The summed E-state index contributed by atoms with van der Waals surface area (Å²) in [6, 6.07) is 0.769. The first-order valence-electron chi connectivity index (χ1n) is 4.45. The molecule has 0 aromatic carbocycles. The second-order valence-corrected chi connectivity index (χ2v) is 3.51. The number of hydrogen-bond acceptors (Lipinski definition) is 3. The average molecular weight is 156 g/mol. The first-order valence-corrected chi connectivity index (χ1v) is 4.45. The van der Waals surface area contributed by atoms with Gasteiger partial charge < -0.3 is 10.5 Å². The Labute approximate surface area is 67.5 Å². The van der Waals surface area contributed by atoms with E-state index in [2.05, 4.69) is 4.90 Å². The molecule has 0 unspecified atom stereocenters. The van der Waals surface area contributed by atoms with Crippen LogP contribution in [0.25, 0.3) is 0 Å². The number of likely N-dealkylation sites (tertiary alicyclic amines) is 1. The Kier molecular flexibility index (Phi) is 2.11. The van der Waals surface area contributed by atoms with Crippen LogP contribution in [0.3, 0.4) is 0 Å². The van der Waals surface area contributed by atoms with E-state index in [1.807, 2.05) is 0 Å². The highest BCUT2D eigenvalue weighted by molar-refractivity contribution is 4.88. The van der Waals surface area contributed by atoms with Crippen LogP contribution in [0.2, 0.25) is 0 Å². The SMILES string of the molecule is N[C@@H]1COC[C@H]1N1CCCC1. The van der Waals surface area contributed by atoms with Crippen LogP contribution in [0.5, 0.6) is 0 Å². The monoisotopic (exact) mass is 156 g/mol. The molecular weight excluding hydrogens is 140 g/mol. The van der Waals surface area contributed by atoms with E-state index in [0.717, 1.165) is 13.2 Å². The van der Waals surface area contributed by atoms with E-state index in [-0.39, 0.29) is 6.04 Å². The van der Waals surface area contributed by atoms with E-state index in [4.69, 9.17) is 10.5 Å². The van der Waals surface area contributed by atoms with Crippen molar-refractivity contribution in [2.75, 3.05) is 26.3 Å². The van der Waals surface area contributed by atoms with Crippen LogP contribution in [0.4, 0.5) is 0 Å². The lowest BCUT2D eigenvalue weighted by Crippen LogP contribution is -2.45. The van der Waals surface area contributed by atoms with Crippen molar-refractivity contribution in [3.63, 3.8) is 0 Å². The molecule has 0 amide bonds. The van der Waals surface area contributed by atoms with Gasteiger partial charge in [-0.3, -0.25) is 4.90 Å². The summed E-state index contributed by atoms with van der Waals surface area (Å²) in [5, 5.41) is 0. The van der Waals surface area contributed by atoms with Gasteiger partial charge in [-0.25, -0.2) is 0 Å². The van der Waals surface area contributed by atoms with E-state index in [1.54, 1.807) is 0 Å². The van der Waals surface area contributed by atoms with Gasteiger partial charge in [0.15, 0.2) is 0 Å². The minimum absolute atomic E-state index is 0.257. The van der Waals surface area contributed by atoms with Crippen LogP contribution < -0.4 is 5.73 Å². The van der Waals surface area contributed by atoms with Gasteiger partial charge in [0, 0.05) is 6.04 Å². The topological polar surface area (TPSA) is 38.5 Å². The smallest absolute Gasteiger partial charge is 0.0638 e. The fraction of sp³-hybridized carbons (Fsp3) is 1.00. The second kappa shape index (κ2) is 3.09. The zero-order chi connectivity index (χ0) is 7.68. The van der Waals surface area contributed by atoms with Crippen molar-refractivity contribution in [3.05, 3.63) is 0 Å². The van der Waals surface area contributed by atoms with Gasteiger partial charge in [-0.15, -0.1) is 0 Å². The highest BCUT2D eigenvalue weighted by atomic mass is 16.5. The molecular formula is C8H16N2O. The largest absolute Gasteiger partial charge is 0.378 e. The molecule has 0 aliphatic carbocycles. The van der Waals surface area contributed by atoms with Crippen LogP contribution in [-0.2, 0) is 4.74 Å². The minimum Gasteiger partial charge on any atom is -0.378 e. The van der Waals surface area contributed by atoms with E-state index >= 15 is 0 Å². The molecule has 64 valence electrons. The van der Waals surface area contributed by atoms with Gasteiger partial charge in [0.1, 0.15) is 0 Å². The lowest BCUT2D eigenvalue weighted by Gasteiger charge is -2.24. The molecule has 0 saturated carbocycles. The molecule has 2 saturated heterocycles. The third kappa shape index (κ3) is 1.41. The highest BCUT2D eigenvalue weighted by Gasteiger charge is 2.31. The first kappa shape index (κ1) is 7.53. The quantitative estimate of drug-likeness (QED) is 0.572. The Bertz CT molecular complexity index is 134. The first-order chi connectivity index (χ1) is 5.38. The molecule has 2 fully saturated rings. The zero-order valence-electron chi connectivity index (χ0n) is 6.83. The Balaban J connectivity index is 1.92. The molecule has 3 heteroatoms. The summed E-state index contributed by atoms with van der Waals surface area (Å²) in [6.45, 7) is 4.05. The lowest BCUT2D eigenvalue weighted by atomic mass is 10.1. The number of hydrogen-bond donors (Lipinski definition) is 1. The van der Waals surface area contributed by atoms with Gasteiger partial charge in [0.2, 0.25) is 0 Å². The van der Waals surface area contributed by atoms with Crippen LogP contribution >= 0.6 is 0 Å².